The van der Waals surface area contributed by atoms with Crippen molar-refractivity contribution >= 4 is 22.8 Å². The average molecular weight is 430 g/mol. The molecule has 0 saturated carbocycles. The Labute approximate surface area is 184 Å². The monoisotopic (exact) mass is 430 g/mol. The highest BCUT2D eigenvalue weighted by atomic mass is 16.5. The van der Waals surface area contributed by atoms with E-state index < -0.39 is 0 Å². The lowest BCUT2D eigenvalue weighted by atomic mass is 10.0. The van der Waals surface area contributed by atoms with Crippen molar-refractivity contribution in [2.45, 2.75) is 6.92 Å². The number of ether oxygens (including phenoxy) is 1. The van der Waals surface area contributed by atoms with Crippen LogP contribution in [-0.4, -0.2) is 64.2 Å². The maximum absolute atomic E-state index is 13.6. The molecule has 9 heteroatoms. The number of aromatic nitrogens is 4. The smallest absolute Gasteiger partial charge is 0.259 e. The third-order valence-electron chi connectivity index (χ3n) is 5.62. The van der Waals surface area contributed by atoms with Crippen LogP contribution in [0.2, 0.25) is 0 Å². The van der Waals surface area contributed by atoms with Crippen molar-refractivity contribution in [3.63, 3.8) is 0 Å². The zero-order chi connectivity index (χ0) is 22.1. The number of amides is 1. The summed E-state index contributed by atoms with van der Waals surface area (Å²) in [6, 6.07) is 11.6. The number of pyridine rings is 1. The molecule has 1 fully saturated rings. The van der Waals surface area contributed by atoms with Crippen molar-refractivity contribution in [2.75, 3.05) is 38.2 Å². The molecule has 0 aliphatic carbocycles. The molecule has 3 aromatic heterocycles. The summed E-state index contributed by atoms with van der Waals surface area (Å²) in [4.78, 5) is 30.7. The number of carbonyl (C=O) groups excluding carboxylic acids is 1. The summed E-state index contributed by atoms with van der Waals surface area (Å²) < 4.78 is 10.6. The van der Waals surface area contributed by atoms with Crippen molar-refractivity contribution in [3.05, 3.63) is 60.0 Å². The van der Waals surface area contributed by atoms with Gasteiger partial charge < -0.3 is 19.1 Å². The molecular formula is C23H22N6O3. The lowest BCUT2D eigenvalue weighted by Gasteiger charge is -2.35. The Kier molecular flexibility index (Phi) is 5.14. The summed E-state index contributed by atoms with van der Waals surface area (Å²) in [5.41, 5.74) is 3.18. The van der Waals surface area contributed by atoms with E-state index in [4.69, 9.17) is 9.26 Å². The van der Waals surface area contributed by atoms with Crippen LogP contribution in [0.1, 0.15) is 16.1 Å². The van der Waals surface area contributed by atoms with Crippen LogP contribution < -0.4 is 9.64 Å². The number of piperazine rings is 1. The van der Waals surface area contributed by atoms with Gasteiger partial charge in [0, 0.05) is 31.7 Å². The van der Waals surface area contributed by atoms with Gasteiger partial charge in [0.05, 0.1) is 41.8 Å². The minimum Gasteiger partial charge on any atom is -0.480 e. The van der Waals surface area contributed by atoms with Gasteiger partial charge >= 0.3 is 0 Å². The van der Waals surface area contributed by atoms with Crippen LogP contribution in [0, 0.1) is 6.92 Å². The Bertz CT molecular complexity index is 1270. The lowest BCUT2D eigenvalue weighted by Crippen LogP contribution is -2.49. The van der Waals surface area contributed by atoms with Gasteiger partial charge in [0.15, 0.2) is 5.82 Å². The van der Waals surface area contributed by atoms with Gasteiger partial charge in [-0.1, -0.05) is 35.5 Å². The number of nitrogens with zero attached hydrogens (tertiary/aromatic N) is 6. The maximum atomic E-state index is 13.6. The molecule has 0 radical (unpaired) electrons. The number of hydrogen-bond donors (Lipinski definition) is 0. The zero-order valence-electron chi connectivity index (χ0n) is 17.9. The Hall–Kier alpha value is -4.01. The first-order valence-corrected chi connectivity index (χ1v) is 10.4. The predicted octanol–water partition coefficient (Wildman–Crippen LogP) is 2.96. The minimum atomic E-state index is -0.0581. The SMILES string of the molecule is COc1cncc(N2CCN(C(=O)c3cc(-c4ccccc4)nc4onc(C)c34)CC2)n1. The molecule has 5 rings (SSSR count). The Morgan fingerprint density at radius 1 is 1.06 bits per heavy atom. The topological polar surface area (TPSA) is 97.5 Å². The van der Waals surface area contributed by atoms with Crippen molar-refractivity contribution < 1.29 is 14.1 Å². The van der Waals surface area contributed by atoms with Gasteiger partial charge in [-0.15, -0.1) is 0 Å². The quantitative estimate of drug-likeness (QED) is 0.487. The van der Waals surface area contributed by atoms with Crippen LogP contribution in [-0.2, 0) is 0 Å². The van der Waals surface area contributed by atoms with Gasteiger partial charge in [-0.2, -0.15) is 4.98 Å². The second-order valence-corrected chi connectivity index (χ2v) is 7.57. The van der Waals surface area contributed by atoms with Crippen molar-refractivity contribution in [1.82, 2.24) is 25.0 Å². The van der Waals surface area contributed by atoms with E-state index in [1.807, 2.05) is 48.2 Å². The molecule has 162 valence electrons. The molecule has 1 aliphatic heterocycles. The number of methoxy groups -OCH3 is 1. The average Bonchev–Trinajstić information content (AvgIpc) is 3.24. The molecular weight excluding hydrogens is 408 g/mol. The number of fused-ring (bicyclic) bond motifs is 1. The number of benzene rings is 1. The van der Waals surface area contributed by atoms with E-state index in [0.717, 1.165) is 11.4 Å². The molecule has 0 bridgehead atoms. The molecule has 0 spiro atoms. The van der Waals surface area contributed by atoms with Gasteiger partial charge in [0.2, 0.25) is 5.88 Å². The fourth-order valence-corrected chi connectivity index (χ4v) is 3.92. The highest BCUT2D eigenvalue weighted by Crippen LogP contribution is 2.28. The standard InChI is InChI=1S/C23H22N6O3/c1-15-21-17(12-18(25-22(21)32-27-15)16-6-4-3-5-7-16)23(30)29-10-8-28(9-11-29)19-13-24-14-20(26-19)31-2/h3-7,12-14H,8-11H2,1-2H3. The van der Waals surface area contributed by atoms with Crippen LogP contribution in [0.5, 0.6) is 5.88 Å². The van der Waals surface area contributed by atoms with Crippen LogP contribution in [0.4, 0.5) is 5.82 Å². The highest BCUT2D eigenvalue weighted by molar-refractivity contribution is 6.07. The van der Waals surface area contributed by atoms with E-state index in [-0.39, 0.29) is 5.91 Å². The summed E-state index contributed by atoms with van der Waals surface area (Å²) in [6.07, 6.45) is 3.28. The Balaban J connectivity index is 1.42. The second kappa shape index (κ2) is 8.26. The van der Waals surface area contributed by atoms with E-state index >= 15 is 0 Å². The fraction of sp³-hybridized carbons (Fsp3) is 0.261. The van der Waals surface area contributed by atoms with Gasteiger partial charge in [-0.3, -0.25) is 9.78 Å². The number of rotatable bonds is 4. The van der Waals surface area contributed by atoms with Gasteiger partial charge in [0.1, 0.15) is 0 Å². The number of carbonyl (C=O) groups is 1. The molecule has 4 aromatic rings. The first-order valence-electron chi connectivity index (χ1n) is 10.4. The second-order valence-electron chi connectivity index (χ2n) is 7.57. The van der Waals surface area contributed by atoms with Gasteiger partial charge in [-0.05, 0) is 13.0 Å². The Morgan fingerprint density at radius 2 is 1.84 bits per heavy atom. The predicted molar refractivity (Wildman–Crippen MR) is 119 cm³/mol. The third-order valence-corrected chi connectivity index (χ3v) is 5.62. The summed E-state index contributed by atoms with van der Waals surface area (Å²) in [5, 5.41) is 4.71. The summed E-state index contributed by atoms with van der Waals surface area (Å²) in [7, 11) is 1.57. The zero-order valence-corrected chi connectivity index (χ0v) is 17.9. The molecule has 0 atom stereocenters. The van der Waals surface area contributed by atoms with Crippen molar-refractivity contribution in [3.8, 4) is 17.1 Å². The molecule has 1 aliphatic rings. The van der Waals surface area contributed by atoms with E-state index in [1.165, 1.54) is 0 Å². The lowest BCUT2D eigenvalue weighted by molar-refractivity contribution is 0.0748. The summed E-state index contributed by atoms with van der Waals surface area (Å²) in [6.45, 7) is 4.25. The van der Waals surface area contributed by atoms with Gasteiger partial charge in [0.25, 0.3) is 11.6 Å². The van der Waals surface area contributed by atoms with Crippen LogP contribution in [0.3, 0.4) is 0 Å². The number of hydrogen-bond acceptors (Lipinski definition) is 8. The first-order chi connectivity index (χ1) is 15.6. The van der Waals surface area contributed by atoms with E-state index in [2.05, 4.69) is 25.0 Å². The van der Waals surface area contributed by atoms with E-state index in [1.54, 1.807) is 19.5 Å². The van der Waals surface area contributed by atoms with E-state index in [0.29, 0.717) is 60.1 Å². The summed E-state index contributed by atoms with van der Waals surface area (Å²) >= 11 is 0. The largest absolute Gasteiger partial charge is 0.480 e. The third kappa shape index (κ3) is 3.62. The van der Waals surface area contributed by atoms with Crippen molar-refractivity contribution in [1.29, 1.82) is 0 Å². The molecule has 9 nitrogen and oxygen atoms in total. The fourth-order valence-electron chi connectivity index (χ4n) is 3.92. The molecule has 32 heavy (non-hydrogen) atoms. The van der Waals surface area contributed by atoms with E-state index in [9.17, 15) is 4.79 Å². The molecule has 0 unspecified atom stereocenters. The normalized spacial score (nSPS) is 14.1. The highest BCUT2D eigenvalue weighted by Gasteiger charge is 2.27. The van der Waals surface area contributed by atoms with Crippen LogP contribution >= 0.6 is 0 Å². The molecule has 1 saturated heterocycles. The summed E-state index contributed by atoms with van der Waals surface area (Å²) in [5.74, 6) is 1.15. The first kappa shape index (κ1) is 19.9. The van der Waals surface area contributed by atoms with Gasteiger partial charge in [-0.25, -0.2) is 4.98 Å². The van der Waals surface area contributed by atoms with Crippen LogP contribution in [0.15, 0.2) is 53.3 Å². The number of aryl methyl sites for hydroxylation is 1. The molecule has 1 amide bonds. The molecule has 4 heterocycles. The number of anilines is 1. The molecule has 1 aromatic carbocycles. The Morgan fingerprint density at radius 3 is 2.59 bits per heavy atom. The molecule has 0 N–H and O–H groups in total. The maximum Gasteiger partial charge on any atom is 0.259 e. The van der Waals surface area contributed by atoms with Crippen LogP contribution in [0.25, 0.3) is 22.4 Å². The minimum absolute atomic E-state index is 0.0581. The van der Waals surface area contributed by atoms with Crippen molar-refractivity contribution in [2.24, 2.45) is 0 Å².